The summed E-state index contributed by atoms with van der Waals surface area (Å²) in [6, 6.07) is 5.13. The average molecular weight is 317 g/mol. The van der Waals surface area contributed by atoms with Gasteiger partial charge >= 0.3 is 0 Å². The lowest BCUT2D eigenvalue weighted by atomic mass is 10.2. The van der Waals surface area contributed by atoms with Gasteiger partial charge in [0.2, 0.25) is 10.0 Å². The third-order valence-corrected chi connectivity index (χ3v) is 6.20. The number of hydrogen-bond acceptors (Lipinski definition) is 5. The predicted molar refractivity (Wildman–Crippen MR) is 77.9 cm³/mol. The minimum absolute atomic E-state index is 0.137. The molecule has 19 heavy (non-hydrogen) atoms. The van der Waals surface area contributed by atoms with Gasteiger partial charge in [-0.3, -0.25) is 0 Å². The van der Waals surface area contributed by atoms with Crippen molar-refractivity contribution in [1.82, 2.24) is 4.72 Å². The van der Waals surface area contributed by atoms with E-state index in [1.165, 1.54) is 28.7 Å². The van der Waals surface area contributed by atoms with Crippen LogP contribution in [0, 0.1) is 0 Å². The van der Waals surface area contributed by atoms with Crippen LogP contribution in [0.15, 0.2) is 33.9 Å². The van der Waals surface area contributed by atoms with E-state index in [2.05, 4.69) is 4.72 Å². The lowest BCUT2D eigenvalue weighted by molar-refractivity contribution is 0.285. The quantitative estimate of drug-likeness (QED) is 0.861. The Balaban J connectivity index is 2.20. The maximum atomic E-state index is 12.2. The highest BCUT2D eigenvalue weighted by Crippen LogP contribution is 2.25. The Hall–Kier alpha value is -0.730. The molecule has 0 spiro atoms. The highest BCUT2D eigenvalue weighted by Gasteiger charge is 2.21. The third kappa shape index (κ3) is 3.43. The first-order valence-electron chi connectivity index (χ1n) is 5.81. The normalized spacial score (nSPS) is 13.6. The van der Waals surface area contributed by atoms with Crippen LogP contribution in [-0.2, 0) is 16.6 Å². The number of thiophene rings is 2. The molecular formula is C12H15NO3S3. The van der Waals surface area contributed by atoms with E-state index in [1.54, 1.807) is 5.38 Å². The van der Waals surface area contributed by atoms with E-state index in [0.29, 0.717) is 11.3 Å². The molecule has 0 saturated heterocycles. The van der Waals surface area contributed by atoms with E-state index in [9.17, 15) is 8.42 Å². The fourth-order valence-corrected chi connectivity index (χ4v) is 5.04. The summed E-state index contributed by atoms with van der Waals surface area (Å²) < 4.78 is 27.2. The molecule has 0 saturated carbocycles. The molecule has 2 rings (SSSR count). The molecule has 0 aliphatic rings. The molecular weight excluding hydrogens is 302 g/mol. The molecule has 0 aliphatic heterocycles. The summed E-state index contributed by atoms with van der Waals surface area (Å²) in [4.78, 5) is 1.87. The summed E-state index contributed by atoms with van der Waals surface area (Å²) in [6.45, 7) is 1.81. The Labute approximate surface area is 120 Å². The second kappa shape index (κ2) is 6.15. The summed E-state index contributed by atoms with van der Waals surface area (Å²) in [5.41, 5.74) is 0. The summed E-state index contributed by atoms with van der Waals surface area (Å²) >= 11 is 2.78. The zero-order valence-electron chi connectivity index (χ0n) is 10.4. The summed E-state index contributed by atoms with van der Waals surface area (Å²) in [5, 5.41) is 12.5. The molecule has 1 atom stereocenters. The first-order valence-corrected chi connectivity index (χ1v) is 9.05. The molecule has 1 unspecified atom stereocenters. The van der Waals surface area contributed by atoms with Crippen LogP contribution in [0.2, 0.25) is 0 Å². The maximum Gasteiger partial charge on any atom is 0.241 e. The van der Waals surface area contributed by atoms with E-state index in [4.69, 9.17) is 5.11 Å². The fourth-order valence-electron chi connectivity index (χ4n) is 1.67. The van der Waals surface area contributed by atoms with E-state index in [1.807, 2.05) is 24.4 Å². The van der Waals surface area contributed by atoms with Crippen molar-refractivity contribution in [2.45, 2.75) is 30.9 Å². The number of hydrogen-bond donors (Lipinski definition) is 2. The first kappa shape index (κ1) is 14.7. The maximum absolute atomic E-state index is 12.2. The monoisotopic (exact) mass is 317 g/mol. The van der Waals surface area contributed by atoms with Crippen LogP contribution in [0.3, 0.4) is 0 Å². The molecule has 2 aromatic rings. The standard InChI is InChI=1S/C12H15NO3S3/c1-2-11(12-4-3-5-17-12)13-19(15,16)10-6-9(7-14)18-8-10/h3-6,8,11,13-14H,2,7H2,1H3. The van der Waals surface area contributed by atoms with E-state index in [-0.39, 0.29) is 17.5 Å². The van der Waals surface area contributed by atoms with Gasteiger partial charge in [-0.2, -0.15) is 0 Å². The highest BCUT2D eigenvalue weighted by molar-refractivity contribution is 7.89. The van der Waals surface area contributed by atoms with Crippen LogP contribution in [0.1, 0.15) is 29.1 Å². The molecule has 4 nitrogen and oxygen atoms in total. The van der Waals surface area contributed by atoms with Gasteiger partial charge in [-0.1, -0.05) is 13.0 Å². The van der Waals surface area contributed by atoms with Crippen molar-refractivity contribution in [3.8, 4) is 0 Å². The van der Waals surface area contributed by atoms with Crippen molar-refractivity contribution in [3.63, 3.8) is 0 Å². The van der Waals surface area contributed by atoms with Crippen molar-refractivity contribution in [1.29, 1.82) is 0 Å². The molecule has 2 N–H and O–H groups in total. The number of aliphatic hydroxyl groups excluding tert-OH is 1. The van der Waals surface area contributed by atoms with Gasteiger partial charge in [-0.25, -0.2) is 13.1 Å². The molecule has 7 heteroatoms. The zero-order chi connectivity index (χ0) is 13.9. The Morgan fingerprint density at radius 1 is 1.42 bits per heavy atom. The van der Waals surface area contributed by atoms with Gasteiger partial charge in [0, 0.05) is 15.1 Å². The van der Waals surface area contributed by atoms with Crippen molar-refractivity contribution in [3.05, 3.63) is 38.7 Å². The molecule has 0 bridgehead atoms. The fraction of sp³-hybridized carbons (Fsp3) is 0.333. The second-order valence-corrected chi connectivity index (χ2v) is 7.69. The summed E-state index contributed by atoms with van der Waals surface area (Å²) in [7, 11) is -3.53. The van der Waals surface area contributed by atoms with Gasteiger partial charge in [0.15, 0.2) is 0 Å². The summed E-state index contributed by atoms with van der Waals surface area (Å²) in [5.74, 6) is 0. The Bertz CT molecular complexity index is 616. The molecule has 104 valence electrons. The van der Waals surface area contributed by atoms with Crippen LogP contribution in [0.25, 0.3) is 0 Å². The number of sulfonamides is 1. The lowest BCUT2D eigenvalue weighted by Crippen LogP contribution is -2.27. The number of nitrogens with one attached hydrogen (secondary N) is 1. The SMILES string of the molecule is CCC(NS(=O)(=O)c1csc(CO)c1)c1cccs1. The first-order chi connectivity index (χ1) is 9.06. The van der Waals surface area contributed by atoms with Crippen molar-refractivity contribution in [2.75, 3.05) is 0 Å². The molecule has 2 heterocycles. The molecule has 0 aliphatic carbocycles. The van der Waals surface area contributed by atoms with Gasteiger partial charge in [0.25, 0.3) is 0 Å². The van der Waals surface area contributed by atoms with E-state index in [0.717, 1.165) is 4.88 Å². The highest BCUT2D eigenvalue weighted by atomic mass is 32.2. The number of aliphatic hydroxyl groups is 1. The molecule has 2 aromatic heterocycles. The van der Waals surface area contributed by atoms with Gasteiger partial charge in [-0.05, 0) is 23.9 Å². The number of rotatable bonds is 6. The van der Waals surface area contributed by atoms with Gasteiger partial charge in [-0.15, -0.1) is 22.7 Å². The minimum atomic E-state index is -3.53. The van der Waals surface area contributed by atoms with Gasteiger partial charge in [0.1, 0.15) is 0 Å². The third-order valence-electron chi connectivity index (χ3n) is 2.69. The molecule has 0 radical (unpaired) electrons. The molecule has 0 fully saturated rings. The minimum Gasteiger partial charge on any atom is -0.391 e. The smallest absolute Gasteiger partial charge is 0.241 e. The Morgan fingerprint density at radius 2 is 2.21 bits per heavy atom. The lowest BCUT2D eigenvalue weighted by Gasteiger charge is -2.14. The van der Waals surface area contributed by atoms with Crippen molar-refractivity contribution < 1.29 is 13.5 Å². The van der Waals surface area contributed by atoms with Crippen LogP contribution in [0.4, 0.5) is 0 Å². The van der Waals surface area contributed by atoms with Crippen molar-refractivity contribution in [2.24, 2.45) is 0 Å². The van der Waals surface area contributed by atoms with Crippen LogP contribution >= 0.6 is 22.7 Å². The van der Waals surface area contributed by atoms with Crippen molar-refractivity contribution >= 4 is 32.7 Å². The van der Waals surface area contributed by atoms with Crippen LogP contribution < -0.4 is 4.72 Å². The van der Waals surface area contributed by atoms with E-state index >= 15 is 0 Å². The molecule has 0 amide bonds. The van der Waals surface area contributed by atoms with E-state index < -0.39 is 10.0 Å². The second-order valence-electron chi connectivity index (χ2n) is 4.00. The largest absolute Gasteiger partial charge is 0.391 e. The van der Waals surface area contributed by atoms with Gasteiger partial charge < -0.3 is 5.11 Å². The predicted octanol–water partition coefficient (Wildman–Crippen LogP) is 2.73. The van der Waals surface area contributed by atoms with Crippen LogP contribution in [0.5, 0.6) is 0 Å². The van der Waals surface area contributed by atoms with Crippen LogP contribution in [-0.4, -0.2) is 13.5 Å². The molecule has 0 aromatic carbocycles. The van der Waals surface area contributed by atoms with Gasteiger partial charge in [0.05, 0.1) is 17.5 Å². The summed E-state index contributed by atoms with van der Waals surface area (Å²) in [6.07, 6.45) is 0.691. The topological polar surface area (TPSA) is 66.4 Å². The average Bonchev–Trinajstić information content (AvgIpc) is 3.06. The Morgan fingerprint density at radius 3 is 2.74 bits per heavy atom. The Kier molecular flexibility index (Phi) is 4.75. The zero-order valence-corrected chi connectivity index (χ0v) is 12.8.